The summed E-state index contributed by atoms with van der Waals surface area (Å²) in [5, 5.41) is 9.20. The van der Waals surface area contributed by atoms with Crippen molar-refractivity contribution in [2.45, 2.75) is 64.4 Å². The molecular weight excluding hydrogens is 274 g/mol. The van der Waals surface area contributed by atoms with E-state index in [1.807, 2.05) is 0 Å². The minimum atomic E-state index is -3.70. The fraction of sp³-hybridized carbons (Fsp3) is 0.786. The highest BCUT2D eigenvalue weighted by Gasteiger charge is 2.30. The molecule has 0 saturated heterocycles. The number of hydrogen-bond acceptors (Lipinski definition) is 3. The molecule has 20 heavy (non-hydrogen) atoms. The number of hydrogen-bond donors (Lipinski definition) is 1. The third kappa shape index (κ3) is 3.82. The Labute approximate surface area is 121 Å². The molecule has 1 atom stereocenters. The van der Waals surface area contributed by atoms with Crippen molar-refractivity contribution in [3.63, 3.8) is 0 Å². The number of rotatable bonds is 5. The fourth-order valence-corrected chi connectivity index (χ4v) is 3.99. The molecule has 114 valence electrons. The van der Waals surface area contributed by atoms with Gasteiger partial charge in [0.05, 0.1) is 0 Å². The van der Waals surface area contributed by atoms with Crippen LogP contribution < -0.4 is 5.14 Å². The zero-order chi connectivity index (χ0) is 15.0. The zero-order valence-corrected chi connectivity index (χ0v) is 13.4. The van der Waals surface area contributed by atoms with Gasteiger partial charge in [0.25, 0.3) is 10.0 Å². The molecule has 2 N–H and O–H groups in total. The van der Waals surface area contributed by atoms with Gasteiger partial charge in [0.15, 0.2) is 5.03 Å². The summed E-state index contributed by atoms with van der Waals surface area (Å²) in [5.41, 5.74) is 1.11. The highest BCUT2D eigenvalue weighted by Crippen LogP contribution is 2.42. The van der Waals surface area contributed by atoms with Gasteiger partial charge >= 0.3 is 0 Å². The van der Waals surface area contributed by atoms with Crippen LogP contribution in [0.1, 0.15) is 51.5 Å². The Balaban J connectivity index is 1.87. The molecule has 1 unspecified atom stereocenters. The van der Waals surface area contributed by atoms with Crippen LogP contribution in [-0.4, -0.2) is 18.2 Å². The molecule has 1 aromatic rings. The lowest BCUT2D eigenvalue weighted by Crippen LogP contribution is -2.14. The first kappa shape index (κ1) is 15.5. The lowest BCUT2D eigenvalue weighted by Gasteiger charge is -2.16. The standard InChI is InChI=1S/C14H25N3O2S/c1-11-10-17(16-13(11)20(15,18)19)8-4-5-12-6-7-14(2,3)9-12/h10,12H,4-9H2,1-3H3,(H2,15,18,19). The molecule has 0 aromatic carbocycles. The van der Waals surface area contributed by atoms with E-state index in [-0.39, 0.29) is 5.03 Å². The predicted molar refractivity (Wildman–Crippen MR) is 78.7 cm³/mol. The largest absolute Gasteiger partial charge is 0.271 e. The summed E-state index contributed by atoms with van der Waals surface area (Å²) < 4.78 is 24.4. The first-order chi connectivity index (χ1) is 9.17. The van der Waals surface area contributed by atoms with Gasteiger partial charge in [-0.2, -0.15) is 5.10 Å². The maximum atomic E-state index is 11.3. The third-order valence-electron chi connectivity index (χ3n) is 4.24. The maximum Gasteiger partial charge on any atom is 0.257 e. The first-order valence-electron chi connectivity index (χ1n) is 7.24. The molecule has 0 radical (unpaired) electrons. The van der Waals surface area contributed by atoms with Crippen molar-refractivity contribution in [1.29, 1.82) is 0 Å². The molecule has 1 fully saturated rings. The summed E-state index contributed by atoms with van der Waals surface area (Å²) in [5.74, 6) is 0.805. The topological polar surface area (TPSA) is 78.0 Å². The van der Waals surface area contributed by atoms with Crippen molar-refractivity contribution >= 4 is 10.0 Å². The van der Waals surface area contributed by atoms with E-state index in [9.17, 15) is 8.42 Å². The van der Waals surface area contributed by atoms with Crippen molar-refractivity contribution in [2.24, 2.45) is 16.5 Å². The molecule has 0 spiro atoms. The SMILES string of the molecule is Cc1cn(CCCC2CCC(C)(C)C2)nc1S(N)(=O)=O. The molecule has 2 rings (SSSR count). The number of nitrogens with zero attached hydrogens (tertiary/aromatic N) is 2. The van der Waals surface area contributed by atoms with Crippen LogP contribution in [0.15, 0.2) is 11.2 Å². The lowest BCUT2D eigenvalue weighted by atomic mass is 9.89. The lowest BCUT2D eigenvalue weighted by molar-refractivity contribution is 0.347. The number of aromatic nitrogens is 2. The van der Waals surface area contributed by atoms with E-state index in [4.69, 9.17) is 5.14 Å². The van der Waals surface area contributed by atoms with Crippen LogP contribution in [0, 0.1) is 18.3 Å². The number of nitrogens with two attached hydrogens (primary N) is 1. The Hall–Kier alpha value is -0.880. The predicted octanol–water partition coefficient (Wildman–Crippen LogP) is 2.45. The average Bonchev–Trinajstić information content (AvgIpc) is 2.81. The summed E-state index contributed by atoms with van der Waals surface area (Å²) >= 11 is 0. The Bertz CT molecular complexity index is 575. The van der Waals surface area contributed by atoms with Gasteiger partial charge in [-0.3, -0.25) is 4.68 Å². The van der Waals surface area contributed by atoms with Gasteiger partial charge in [-0.05, 0) is 50.4 Å². The van der Waals surface area contributed by atoms with E-state index in [0.717, 1.165) is 18.9 Å². The van der Waals surface area contributed by atoms with Gasteiger partial charge in [0.2, 0.25) is 0 Å². The monoisotopic (exact) mass is 299 g/mol. The van der Waals surface area contributed by atoms with Gasteiger partial charge in [0.1, 0.15) is 0 Å². The highest BCUT2D eigenvalue weighted by atomic mass is 32.2. The second-order valence-electron chi connectivity index (χ2n) is 6.84. The van der Waals surface area contributed by atoms with E-state index in [0.29, 0.717) is 11.0 Å². The van der Waals surface area contributed by atoms with Crippen LogP contribution in [-0.2, 0) is 16.6 Å². The van der Waals surface area contributed by atoms with Crippen LogP contribution >= 0.6 is 0 Å². The molecule has 0 bridgehead atoms. The smallest absolute Gasteiger partial charge is 0.257 e. The van der Waals surface area contributed by atoms with Crippen molar-refractivity contribution < 1.29 is 8.42 Å². The van der Waals surface area contributed by atoms with Crippen LogP contribution in [0.4, 0.5) is 0 Å². The third-order valence-corrected chi connectivity index (χ3v) is 5.18. The quantitative estimate of drug-likeness (QED) is 0.907. The minimum absolute atomic E-state index is 0.000463. The van der Waals surface area contributed by atoms with Crippen LogP contribution in [0.2, 0.25) is 0 Å². The van der Waals surface area contributed by atoms with Crippen LogP contribution in [0.3, 0.4) is 0 Å². The van der Waals surface area contributed by atoms with E-state index in [1.54, 1.807) is 17.8 Å². The van der Waals surface area contributed by atoms with Crippen molar-refractivity contribution in [3.05, 3.63) is 11.8 Å². The Morgan fingerprint density at radius 3 is 2.70 bits per heavy atom. The highest BCUT2D eigenvalue weighted by molar-refractivity contribution is 7.89. The van der Waals surface area contributed by atoms with Gasteiger partial charge < -0.3 is 0 Å². The summed E-state index contributed by atoms with van der Waals surface area (Å²) in [4.78, 5) is 0. The number of sulfonamides is 1. The zero-order valence-electron chi connectivity index (χ0n) is 12.6. The minimum Gasteiger partial charge on any atom is -0.271 e. The molecule has 1 aliphatic carbocycles. The average molecular weight is 299 g/mol. The van der Waals surface area contributed by atoms with Gasteiger partial charge in [0, 0.05) is 18.3 Å². The van der Waals surface area contributed by atoms with Gasteiger partial charge in [-0.15, -0.1) is 0 Å². The van der Waals surface area contributed by atoms with Crippen molar-refractivity contribution in [3.8, 4) is 0 Å². The van der Waals surface area contributed by atoms with Crippen LogP contribution in [0.25, 0.3) is 0 Å². The summed E-state index contributed by atoms with van der Waals surface area (Å²) in [6.45, 7) is 7.15. The van der Waals surface area contributed by atoms with Gasteiger partial charge in [-0.1, -0.05) is 13.8 Å². The van der Waals surface area contributed by atoms with E-state index >= 15 is 0 Å². The summed E-state index contributed by atoms with van der Waals surface area (Å²) in [6.07, 6.45) is 7.91. The normalized spacial score (nSPS) is 22.3. The molecule has 1 saturated carbocycles. The number of aryl methyl sites for hydroxylation is 2. The van der Waals surface area contributed by atoms with Crippen molar-refractivity contribution in [2.75, 3.05) is 0 Å². The fourth-order valence-electron chi connectivity index (χ4n) is 3.27. The Morgan fingerprint density at radius 1 is 1.50 bits per heavy atom. The first-order valence-corrected chi connectivity index (χ1v) is 8.79. The van der Waals surface area contributed by atoms with Crippen LogP contribution in [0.5, 0.6) is 0 Å². The Morgan fingerprint density at radius 2 is 2.20 bits per heavy atom. The second kappa shape index (κ2) is 5.48. The molecule has 1 heterocycles. The second-order valence-corrected chi connectivity index (χ2v) is 8.32. The summed E-state index contributed by atoms with van der Waals surface area (Å²) in [6, 6.07) is 0. The van der Waals surface area contributed by atoms with E-state index in [1.165, 1.54) is 25.7 Å². The van der Waals surface area contributed by atoms with Crippen molar-refractivity contribution in [1.82, 2.24) is 9.78 Å². The summed E-state index contributed by atoms with van der Waals surface area (Å²) in [7, 11) is -3.70. The molecule has 0 aliphatic heterocycles. The molecule has 0 amide bonds. The molecule has 1 aliphatic rings. The number of primary sulfonamides is 1. The molecule has 5 nitrogen and oxygen atoms in total. The van der Waals surface area contributed by atoms with Gasteiger partial charge in [-0.25, -0.2) is 13.6 Å². The molecular formula is C14H25N3O2S. The maximum absolute atomic E-state index is 11.3. The van der Waals surface area contributed by atoms with E-state index in [2.05, 4.69) is 18.9 Å². The molecule has 1 aromatic heterocycles. The molecule has 6 heteroatoms. The Kier molecular flexibility index (Phi) is 4.25. The van der Waals surface area contributed by atoms with E-state index < -0.39 is 10.0 Å².